The van der Waals surface area contributed by atoms with Crippen LogP contribution in [0.1, 0.15) is 72.1 Å². The normalized spacial score (nSPS) is 53.0. The number of carbonyl (C=O) groups is 1. The van der Waals surface area contributed by atoms with Gasteiger partial charge in [0.2, 0.25) is 0 Å². The van der Waals surface area contributed by atoms with E-state index in [0.29, 0.717) is 16.6 Å². The fourth-order valence-electron chi connectivity index (χ4n) is 6.95. The number of hydrogen-bond donors (Lipinski definition) is 0. The Balaban J connectivity index is 1.74. The summed E-state index contributed by atoms with van der Waals surface area (Å²) in [6.07, 6.45) is 11.4. The average Bonchev–Trinajstić information content (AvgIpc) is 2.64. The van der Waals surface area contributed by atoms with Crippen LogP contribution in [0.4, 0.5) is 0 Å². The Bertz CT molecular complexity index is 552. The van der Waals surface area contributed by atoms with E-state index in [2.05, 4.69) is 20.8 Å². The number of allylic oxidation sites excluding steroid dienone is 2. The number of halogens is 1. The van der Waals surface area contributed by atoms with Crippen LogP contribution in [0.15, 0.2) is 11.6 Å². The zero-order chi connectivity index (χ0) is 16.4. The fraction of sp³-hybridized carbons (Fsp3) is 0.857. The molecule has 7 atom stereocenters. The second kappa shape index (κ2) is 5.35. The monoisotopic (exact) mass is 334 g/mol. The molecule has 2 bridgehead atoms. The molecule has 4 aliphatic carbocycles. The molecule has 0 aromatic rings. The number of ketones is 1. The Morgan fingerprint density at radius 3 is 2.70 bits per heavy atom. The molecule has 4 rings (SSSR count). The number of carbonyl (C=O) groups excluding carboxylic acids is 1. The van der Waals surface area contributed by atoms with E-state index in [4.69, 9.17) is 11.6 Å². The molecule has 23 heavy (non-hydrogen) atoms. The second-order valence-electron chi connectivity index (χ2n) is 9.62. The molecular weight excluding hydrogens is 304 g/mol. The van der Waals surface area contributed by atoms with Gasteiger partial charge in [0.1, 0.15) is 0 Å². The van der Waals surface area contributed by atoms with Crippen LogP contribution in [0.2, 0.25) is 0 Å². The van der Waals surface area contributed by atoms with Crippen LogP contribution in [0.3, 0.4) is 0 Å². The molecule has 1 nitrogen and oxygen atoms in total. The van der Waals surface area contributed by atoms with Gasteiger partial charge in [-0.25, -0.2) is 0 Å². The van der Waals surface area contributed by atoms with Crippen molar-refractivity contribution < 1.29 is 4.79 Å². The van der Waals surface area contributed by atoms with E-state index < -0.39 is 0 Å². The zero-order valence-corrected chi connectivity index (χ0v) is 15.7. The molecule has 0 radical (unpaired) electrons. The summed E-state index contributed by atoms with van der Waals surface area (Å²) >= 11 is 6.86. The summed E-state index contributed by atoms with van der Waals surface area (Å²) in [6.45, 7) is 7.50. The van der Waals surface area contributed by atoms with Crippen LogP contribution in [-0.4, -0.2) is 11.2 Å². The largest absolute Gasteiger partial charge is 0.295 e. The van der Waals surface area contributed by atoms with E-state index in [1.807, 2.05) is 6.08 Å². The van der Waals surface area contributed by atoms with Crippen molar-refractivity contribution in [2.75, 3.05) is 0 Å². The first kappa shape index (κ1) is 16.2. The number of fused-ring (bicyclic) bond motifs is 6. The lowest BCUT2D eigenvalue weighted by molar-refractivity contribution is -0.115. The average molecular weight is 335 g/mol. The zero-order valence-electron chi connectivity index (χ0n) is 14.9. The summed E-state index contributed by atoms with van der Waals surface area (Å²) in [4.78, 5) is 12.1. The van der Waals surface area contributed by atoms with Crippen molar-refractivity contribution in [3.63, 3.8) is 0 Å². The van der Waals surface area contributed by atoms with Gasteiger partial charge in [-0.3, -0.25) is 4.79 Å². The van der Waals surface area contributed by atoms with E-state index in [1.54, 1.807) is 0 Å². The first-order valence-corrected chi connectivity index (χ1v) is 10.1. The molecule has 3 fully saturated rings. The summed E-state index contributed by atoms with van der Waals surface area (Å²) in [6, 6.07) is 0. The van der Waals surface area contributed by atoms with Gasteiger partial charge in [-0.05, 0) is 91.1 Å². The van der Waals surface area contributed by atoms with Crippen LogP contribution in [0.25, 0.3) is 0 Å². The van der Waals surface area contributed by atoms with Gasteiger partial charge in [-0.1, -0.05) is 20.8 Å². The molecule has 0 aromatic carbocycles. The SMILES string of the molecule is CC1CCC2C3CC(Cl)C4=CC(=O)CCC(C)(C4)C3CCC12C. The minimum Gasteiger partial charge on any atom is -0.295 e. The number of rotatable bonds is 0. The third kappa shape index (κ3) is 2.36. The number of hydrogen-bond acceptors (Lipinski definition) is 1. The van der Waals surface area contributed by atoms with Crippen molar-refractivity contribution >= 4 is 17.4 Å². The Labute approximate surface area is 146 Å². The number of alkyl halides is 1. The molecule has 7 unspecified atom stereocenters. The Morgan fingerprint density at radius 1 is 1.13 bits per heavy atom. The lowest BCUT2D eigenvalue weighted by atomic mass is 9.52. The maximum absolute atomic E-state index is 12.1. The molecule has 2 heteroatoms. The van der Waals surface area contributed by atoms with Gasteiger partial charge in [0.25, 0.3) is 0 Å². The van der Waals surface area contributed by atoms with Gasteiger partial charge < -0.3 is 0 Å². The molecule has 0 saturated heterocycles. The van der Waals surface area contributed by atoms with E-state index in [9.17, 15) is 4.79 Å². The van der Waals surface area contributed by atoms with Gasteiger partial charge in [0.15, 0.2) is 5.78 Å². The van der Waals surface area contributed by atoms with Crippen LogP contribution >= 0.6 is 11.6 Å². The molecule has 4 aliphatic rings. The van der Waals surface area contributed by atoms with Gasteiger partial charge >= 0.3 is 0 Å². The molecule has 0 heterocycles. The van der Waals surface area contributed by atoms with Gasteiger partial charge in [-0.2, -0.15) is 0 Å². The van der Waals surface area contributed by atoms with Gasteiger partial charge in [0, 0.05) is 6.42 Å². The third-order valence-electron chi connectivity index (χ3n) is 8.58. The predicted molar refractivity (Wildman–Crippen MR) is 95.5 cm³/mol. The van der Waals surface area contributed by atoms with Crippen LogP contribution in [0.5, 0.6) is 0 Å². The fourth-order valence-corrected chi connectivity index (χ4v) is 7.29. The van der Waals surface area contributed by atoms with Crippen molar-refractivity contribution in [1.82, 2.24) is 0 Å². The molecule has 128 valence electrons. The summed E-state index contributed by atoms with van der Waals surface area (Å²) in [7, 11) is 0. The van der Waals surface area contributed by atoms with E-state index in [-0.39, 0.29) is 5.38 Å². The van der Waals surface area contributed by atoms with E-state index in [1.165, 1.54) is 31.3 Å². The predicted octanol–water partition coefficient (Wildman–Crippen LogP) is 5.76. The maximum atomic E-state index is 12.1. The molecular formula is C21H31ClO. The third-order valence-corrected chi connectivity index (χ3v) is 9.04. The Hall–Kier alpha value is -0.300. The minimum absolute atomic E-state index is 0.0876. The standard InChI is InChI=1S/C21H31ClO/c1-13-4-5-18-16-11-19(22)14-10-15(23)6-8-20(2,12-14)17(16)7-9-21(13,18)3/h10,13,16-19H,4-9,11-12H2,1-3H3. The summed E-state index contributed by atoms with van der Waals surface area (Å²) < 4.78 is 0. The summed E-state index contributed by atoms with van der Waals surface area (Å²) in [5, 5.41) is 0.0876. The van der Waals surface area contributed by atoms with Crippen molar-refractivity contribution in [3.05, 3.63) is 11.6 Å². The molecule has 0 amide bonds. The second-order valence-corrected chi connectivity index (χ2v) is 10.1. The molecule has 3 saturated carbocycles. The molecule has 0 aliphatic heterocycles. The van der Waals surface area contributed by atoms with Crippen LogP contribution in [-0.2, 0) is 4.79 Å². The molecule has 0 N–H and O–H groups in total. The van der Waals surface area contributed by atoms with Gasteiger partial charge in [0.05, 0.1) is 5.38 Å². The highest BCUT2D eigenvalue weighted by molar-refractivity contribution is 6.22. The molecule has 0 aromatic heterocycles. The molecule has 0 spiro atoms. The van der Waals surface area contributed by atoms with Crippen molar-refractivity contribution in [3.8, 4) is 0 Å². The maximum Gasteiger partial charge on any atom is 0.155 e. The van der Waals surface area contributed by atoms with Crippen LogP contribution in [0, 0.1) is 34.5 Å². The lowest BCUT2D eigenvalue weighted by Gasteiger charge is -2.53. The first-order chi connectivity index (χ1) is 10.8. The Morgan fingerprint density at radius 2 is 1.91 bits per heavy atom. The highest BCUT2D eigenvalue weighted by Crippen LogP contribution is 2.65. The van der Waals surface area contributed by atoms with Gasteiger partial charge in [-0.15, -0.1) is 11.6 Å². The highest BCUT2D eigenvalue weighted by Gasteiger charge is 2.57. The topological polar surface area (TPSA) is 17.1 Å². The summed E-state index contributed by atoms with van der Waals surface area (Å²) in [5.74, 6) is 3.56. The minimum atomic E-state index is 0.0876. The Kier molecular flexibility index (Phi) is 3.76. The smallest absolute Gasteiger partial charge is 0.155 e. The quantitative estimate of drug-likeness (QED) is 0.514. The first-order valence-electron chi connectivity index (χ1n) is 9.71. The van der Waals surface area contributed by atoms with Crippen molar-refractivity contribution in [1.29, 1.82) is 0 Å². The highest BCUT2D eigenvalue weighted by atomic mass is 35.5. The van der Waals surface area contributed by atoms with Crippen molar-refractivity contribution in [2.45, 2.75) is 77.5 Å². The summed E-state index contributed by atoms with van der Waals surface area (Å²) in [5.41, 5.74) is 2.07. The van der Waals surface area contributed by atoms with E-state index in [0.717, 1.165) is 49.4 Å². The van der Waals surface area contributed by atoms with Crippen LogP contribution < -0.4 is 0 Å². The lowest BCUT2D eigenvalue weighted by Crippen LogP contribution is -2.45. The van der Waals surface area contributed by atoms with E-state index >= 15 is 0 Å². The van der Waals surface area contributed by atoms with Crippen molar-refractivity contribution in [2.24, 2.45) is 34.5 Å².